The first-order valence-corrected chi connectivity index (χ1v) is 4.60. The molecule has 1 unspecified atom stereocenters. The molecule has 1 aromatic rings. The Morgan fingerprint density at radius 3 is 2.46 bits per heavy atom. The van der Waals surface area contributed by atoms with Crippen LogP contribution in [0.1, 0.15) is 20.3 Å². The summed E-state index contributed by atoms with van der Waals surface area (Å²) in [6.07, 6.45) is 1.06. The smallest absolute Gasteiger partial charge is 0.0596 e. The van der Waals surface area contributed by atoms with Crippen LogP contribution in [0.4, 0.5) is 5.69 Å². The van der Waals surface area contributed by atoms with Gasteiger partial charge in [0.1, 0.15) is 0 Å². The van der Waals surface area contributed by atoms with Crippen LogP contribution in [0, 0.1) is 0 Å². The standard InChI is InChI=1S/C11H16N2/c1-4-10(2)13(12-3)11-8-6-5-7-9-11/h5-10H,3-4H2,1-2H3. The molecule has 13 heavy (non-hydrogen) atoms. The molecule has 1 rings (SSSR count). The van der Waals surface area contributed by atoms with Gasteiger partial charge in [0.15, 0.2) is 0 Å². The van der Waals surface area contributed by atoms with E-state index in [0.29, 0.717) is 6.04 Å². The molecule has 2 heteroatoms. The summed E-state index contributed by atoms with van der Waals surface area (Å²) >= 11 is 0. The van der Waals surface area contributed by atoms with E-state index in [2.05, 4.69) is 25.7 Å². The normalized spacial score (nSPS) is 12.2. The van der Waals surface area contributed by atoms with E-state index in [1.54, 1.807) is 0 Å². The summed E-state index contributed by atoms with van der Waals surface area (Å²) in [5.41, 5.74) is 1.10. The van der Waals surface area contributed by atoms with Gasteiger partial charge in [0.2, 0.25) is 0 Å². The Bertz CT molecular complexity index is 256. The summed E-state index contributed by atoms with van der Waals surface area (Å²) in [6, 6.07) is 10.5. The van der Waals surface area contributed by atoms with E-state index in [4.69, 9.17) is 0 Å². The topological polar surface area (TPSA) is 15.6 Å². The quantitative estimate of drug-likeness (QED) is 0.508. The second-order valence-electron chi connectivity index (χ2n) is 3.08. The van der Waals surface area contributed by atoms with Crippen molar-refractivity contribution in [3.63, 3.8) is 0 Å². The van der Waals surface area contributed by atoms with E-state index in [-0.39, 0.29) is 0 Å². The van der Waals surface area contributed by atoms with Gasteiger partial charge in [-0.15, -0.1) is 0 Å². The maximum atomic E-state index is 4.01. The summed E-state index contributed by atoms with van der Waals surface area (Å²) in [6.45, 7) is 7.87. The first-order chi connectivity index (χ1) is 6.29. The average Bonchev–Trinajstić information content (AvgIpc) is 2.20. The third-order valence-corrected chi connectivity index (χ3v) is 2.18. The van der Waals surface area contributed by atoms with Gasteiger partial charge in [-0.2, -0.15) is 5.10 Å². The van der Waals surface area contributed by atoms with Crippen molar-refractivity contribution in [2.24, 2.45) is 5.10 Å². The van der Waals surface area contributed by atoms with Gasteiger partial charge in [0.05, 0.1) is 5.69 Å². The number of benzene rings is 1. The van der Waals surface area contributed by atoms with Crippen LogP contribution in [0.25, 0.3) is 0 Å². The molecule has 1 atom stereocenters. The highest BCUT2D eigenvalue weighted by Gasteiger charge is 2.09. The Labute approximate surface area is 79.9 Å². The fourth-order valence-corrected chi connectivity index (χ4v) is 1.23. The molecule has 0 aliphatic carbocycles. The van der Waals surface area contributed by atoms with Crippen molar-refractivity contribution >= 4 is 12.4 Å². The molecule has 0 spiro atoms. The summed E-state index contributed by atoms with van der Waals surface area (Å²) in [4.78, 5) is 0. The predicted octanol–water partition coefficient (Wildman–Crippen LogP) is 2.91. The van der Waals surface area contributed by atoms with Gasteiger partial charge in [-0.3, -0.25) is 5.01 Å². The van der Waals surface area contributed by atoms with E-state index < -0.39 is 0 Å². The summed E-state index contributed by atoms with van der Waals surface area (Å²) in [5, 5.41) is 5.96. The third-order valence-electron chi connectivity index (χ3n) is 2.18. The van der Waals surface area contributed by atoms with Gasteiger partial charge in [-0.05, 0) is 25.5 Å². The summed E-state index contributed by atoms with van der Waals surface area (Å²) < 4.78 is 0. The number of hydrogen-bond acceptors (Lipinski definition) is 2. The van der Waals surface area contributed by atoms with Gasteiger partial charge in [0, 0.05) is 12.8 Å². The molecule has 2 nitrogen and oxygen atoms in total. The van der Waals surface area contributed by atoms with Crippen LogP contribution in [-0.2, 0) is 0 Å². The molecule has 0 radical (unpaired) electrons. The van der Waals surface area contributed by atoms with Crippen molar-refractivity contribution < 1.29 is 0 Å². The van der Waals surface area contributed by atoms with Crippen molar-refractivity contribution in [2.45, 2.75) is 26.3 Å². The van der Waals surface area contributed by atoms with Crippen molar-refractivity contribution in [1.29, 1.82) is 0 Å². The van der Waals surface area contributed by atoms with E-state index in [1.807, 2.05) is 35.3 Å². The molecular weight excluding hydrogens is 160 g/mol. The van der Waals surface area contributed by atoms with E-state index in [1.165, 1.54) is 0 Å². The number of nitrogens with zero attached hydrogens (tertiary/aromatic N) is 2. The maximum Gasteiger partial charge on any atom is 0.0596 e. The monoisotopic (exact) mass is 176 g/mol. The van der Waals surface area contributed by atoms with Crippen LogP contribution < -0.4 is 5.01 Å². The lowest BCUT2D eigenvalue weighted by Gasteiger charge is -2.24. The molecule has 0 bridgehead atoms. The molecule has 0 amide bonds. The molecule has 0 saturated carbocycles. The van der Waals surface area contributed by atoms with Crippen molar-refractivity contribution in [1.82, 2.24) is 0 Å². The minimum atomic E-state index is 0.403. The first-order valence-electron chi connectivity index (χ1n) is 4.60. The van der Waals surface area contributed by atoms with Gasteiger partial charge >= 0.3 is 0 Å². The molecular formula is C11H16N2. The number of anilines is 1. The number of hydrogen-bond donors (Lipinski definition) is 0. The highest BCUT2D eigenvalue weighted by Crippen LogP contribution is 2.17. The number of para-hydroxylation sites is 1. The summed E-state index contributed by atoms with van der Waals surface area (Å²) in [7, 11) is 0. The van der Waals surface area contributed by atoms with Gasteiger partial charge < -0.3 is 0 Å². The Balaban J connectivity index is 2.84. The zero-order chi connectivity index (χ0) is 9.68. The molecule has 0 N–H and O–H groups in total. The molecule has 70 valence electrons. The highest BCUT2D eigenvalue weighted by atomic mass is 15.5. The SMILES string of the molecule is C=NN(c1ccccc1)C(C)CC. The molecule has 1 aromatic carbocycles. The molecule has 0 aliphatic rings. The number of rotatable bonds is 4. The van der Waals surface area contributed by atoms with Crippen LogP contribution in [0.2, 0.25) is 0 Å². The van der Waals surface area contributed by atoms with Gasteiger partial charge in [-0.25, -0.2) is 0 Å². The second-order valence-corrected chi connectivity index (χ2v) is 3.08. The lowest BCUT2D eigenvalue weighted by Crippen LogP contribution is -2.26. The van der Waals surface area contributed by atoms with E-state index >= 15 is 0 Å². The zero-order valence-electron chi connectivity index (χ0n) is 8.27. The zero-order valence-corrected chi connectivity index (χ0v) is 8.27. The largest absolute Gasteiger partial charge is 0.263 e. The van der Waals surface area contributed by atoms with Crippen molar-refractivity contribution in [3.05, 3.63) is 30.3 Å². The lowest BCUT2D eigenvalue weighted by atomic mass is 10.2. The Kier molecular flexibility index (Phi) is 3.50. The molecule has 0 aliphatic heterocycles. The third kappa shape index (κ3) is 2.31. The molecule has 0 aromatic heterocycles. The van der Waals surface area contributed by atoms with Crippen LogP contribution in [0.3, 0.4) is 0 Å². The minimum Gasteiger partial charge on any atom is -0.263 e. The Morgan fingerprint density at radius 2 is 2.00 bits per heavy atom. The average molecular weight is 176 g/mol. The Morgan fingerprint density at radius 1 is 1.38 bits per heavy atom. The van der Waals surface area contributed by atoms with E-state index in [0.717, 1.165) is 12.1 Å². The second kappa shape index (κ2) is 4.65. The predicted molar refractivity (Wildman–Crippen MR) is 58.2 cm³/mol. The Hall–Kier alpha value is -1.31. The van der Waals surface area contributed by atoms with Gasteiger partial charge in [0.25, 0.3) is 0 Å². The van der Waals surface area contributed by atoms with E-state index in [9.17, 15) is 0 Å². The molecule has 0 heterocycles. The van der Waals surface area contributed by atoms with Crippen LogP contribution >= 0.6 is 0 Å². The van der Waals surface area contributed by atoms with Crippen molar-refractivity contribution in [3.8, 4) is 0 Å². The highest BCUT2D eigenvalue weighted by molar-refractivity contribution is 5.48. The fraction of sp³-hybridized carbons (Fsp3) is 0.364. The van der Waals surface area contributed by atoms with Crippen molar-refractivity contribution in [2.75, 3.05) is 5.01 Å². The maximum absolute atomic E-state index is 4.01. The minimum absolute atomic E-state index is 0.403. The van der Waals surface area contributed by atoms with Crippen LogP contribution in [-0.4, -0.2) is 12.8 Å². The first kappa shape index (κ1) is 9.78. The summed E-state index contributed by atoms with van der Waals surface area (Å²) in [5.74, 6) is 0. The van der Waals surface area contributed by atoms with Crippen LogP contribution in [0.15, 0.2) is 35.4 Å². The molecule has 0 fully saturated rings. The van der Waals surface area contributed by atoms with Crippen LogP contribution in [0.5, 0.6) is 0 Å². The van der Waals surface area contributed by atoms with Gasteiger partial charge in [-0.1, -0.05) is 25.1 Å². The molecule has 0 saturated heterocycles. The fourth-order valence-electron chi connectivity index (χ4n) is 1.23. The lowest BCUT2D eigenvalue weighted by molar-refractivity contribution is 0.638. The number of hydrazone groups is 1.